The first-order valence-corrected chi connectivity index (χ1v) is 10.6. The number of benzene rings is 3. The van der Waals surface area contributed by atoms with E-state index in [-0.39, 0.29) is 12.3 Å². The predicted octanol–water partition coefficient (Wildman–Crippen LogP) is 4.10. The molecule has 10 heteroatoms. The number of carbonyl (C=O) groups is 3. The van der Waals surface area contributed by atoms with Crippen LogP contribution in [0.2, 0.25) is 10.0 Å². The highest BCUT2D eigenvalue weighted by Crippen LogP contribution is 2.28. The average molecular weight is 500 g/mol. The van der Waals surface area contributed by atoms with E-state index in [2.05, 4.69) is 15.8 Å². The smallest absolute Gasteiger partial charge is 0.343 e. The Balaban J connectivity index is 1.54. The van der Waals surface area contributed by atoms with Gasteiger partial charge in [0.25, 0.3) is 11.8 Å². The van der Waals surface area contributed by atoms with E-state index in [1.165, 1.54) is 19.4 Å². The van der Waals surface area contributed by atoms with Crippen molar-refractivity contribution in [1.82, 2.24) is 10.7 Å². The molecule has 0 aliphatic carbocycles. The third kappa shape index (κ3) is 7.06. The van der Waals surface area contributed by atoms with Crippen molar-refractivity contribution in [1.29, 1.82) is 0 Å². The van der Waals surface area contributed by atoms with Crippen molar-refractivity contribution in [3.8, 4) is 11.5 Å². The first kappa shape index (κ1) is 24.8. The molecule has 3 aromatic rings. The number of rotatable bonds is 8. The number of halogens is 2. The number of nitrogens with one attached hydrogen (secondary N) is 2. The topological polar surface area (TPSA) is 106 Å². The molecule has 0 heterocycles. The first-order valence-electron chi connectivity index (χ1n) is 9.87. The van der Waals surface area contributed by atoms with Crippen LogP contribution in [0, 0.1) is 0 Å². The zero-order valence-corrected chi connectivity index (χ0v) is 19.4. The van der Waals surface area contributed by atoms with Gasteiger partial charge in [-0.1, -0.05) is 29.3 Å². The highest BCUT2D eigenvalue weighted by atomic mass is 35.5. The normalized spacial score (nSPS) is 10.6. The van der Waals surface area contributed by atoms with Gasteiger partial charge in [-0.3, -0.25) is 9.59 Å². The molecular formula is C24H19Cl2N3O5. The number of nitrogens with zero attached hydrogens (tertiary/aromatic N) is 1. The zero-order chi connectivity index (χ0) is 24.5. The SMILES string of the molecule is COc1cc(C=NNC(=O)CNC(=O)c2cccc(Cl)c2)ccc1OC(=O)c1ccc(Cl)cc1. The standard InChI is InChI=1S/C24H19Cl2N3O5/c1-33-21-11-15(5-10-20(21)34-24(32)16-6-8-18(25)9-7-16)13-28-29-22(30)14-27-23(31)17-3-2-4-19(26)12-17/h2-13H,14H2,1H3,(H,27,31)(H,29,30). The lowest BCUT2D eigenvalue weighted by molar-refractivity contribution is -0.120. The predicted molar refractivity (Wildman–Crippen MR) is 129 cm³/mol. The Labute approximate surface area is 205 Å². The Morgan fingerprint density at radius 2 is 1.68 bits per heavy atom. The molecule has 0 unspecified atom stereocenters. The number of amides is 2. The lowest BCUT2D eigenvalue weighted by atomic mass is 10.2. The van der Waals surface area contributed by atoms with E-state index in [9.17, 15) is 14.4 Å². The molecule has 8 nitrogen and oxygen atoms in total. The number of hydrogen-bond donors (Lipinski definition) is 2. The van der Waals surface area contributed by atoms with Gasteiger partial charge in [0.05, 0.1) is 25.4 Å². The summed E-state index contributed by atoms with van der Waals surface area (Å²) in [6.45, 7) is -0.272. The van der Waals surface area contributed by atoms with Crippen molar-refractivity contribution in [2.45, 2.75) is 0 Å². The van der Waals surface area contributed by atoms with Gasteiger partial charge in [-0.25, -0.2) is 10.2 Å². The van der Waals surface area contributed by atoms with E-state index in [4.69, 9.17) is 32.7 Å². The van der Waals surface area contributed by atoms with E-state index in [1.807, 2.05) is 0 Å². The summed E-state index contributed by atoms with van der Waals surface area (Å²) >= 11 is 11.7. The molecule has 2 amide bonds. The minimum atomic E-state index is -0.566. The summed E-state index contributed by atoms with van der Waals surface area (Å²) in [6.07, 6.45) is 1.38. The maximum Gasteiger partial charge on any atom is 0.343 e. The van der Waals surface area contributed by atoms with Crippen LogP contribution in [-0.4, -0.2) is 37.7 Å². The van der Waals surface area contributed by atoms with Crippen molar-refractivity contribution < 1.29 is 23.9 Å². The molecular weight excluding hydrogens is 481 g/mol. The van der Waals surface area contributed by atoms with Crippen molar-refractivity contribution in [2.24, 2.45) is 5.10 Å². The molecule has 3 aromatic carbocycles. The molecule has 174 valence electrons. The fourth-order valence-corrected chi connectivity index (χ4v) is 3.02. The first-order chi connectivity index (χ1) is 16.4. The van der Waals surface area contributed by atoms with Gasteiger partial charge < -0.3 is 14.8 Å². The average Bonchev–Trinajstić information content (AvgIpc) is 2.83. The second-order valence-corrected chi connectivity index (χ2v) is 7.67. The van der Waals surface area contributed by atoms with E-state index in [0.717, 1.165) is 0 Å². The van der Waals surface area contributed by atoms with Gasteiger partial charge in [0.15, 0.2) is 11.5 Å². The molecule has 0 saturated heterocycles. The molecule has 0 atom stereocenters. The second-order valence-electron chi connectivity index (χ2n) is 6.79. The zero-order valence-electron chi connectivity index (χ0n) is 17.9. The number of esters is 1. The van der Waals surface area contributed by atoms with Crippen molar-refractivity contribution >= 4 is 47.2 Å². The molecule has 0 aromatic heterocycles. The van der Waals surface area contributed by atoms with Crippen molar-refractivity contribution in [3.05, 3.63) is 93.5 Å². The van der Waals surface area contributed by atoms with Crippen LogP contribution in [0.5, 0.6) is 11.5 Å². The Bertz CT molecular complexity index is 1230. The molecule has 0 spiro atoms. The van der Waals surface area contributed by atoms with Crippen LogP contribution in [0.1, 0.15) is 26.3 Å². The third-order valence-electron chi connectivity index (χ3n) is 4.37. The van der Waals surface area contributed by atoms with E-state index in [1.54, 1.807) is 60.7 Å². The van der Waals surface area contributed by atoms with Gasteiger partial charge in [0.2, 0.25) is 0 Å². The van der Waals surface area contributed by atoms with Gasteiger partial charge in [-0.15, -0.1) is 0 Å². The van der Waals surface area contributed by atoms with Gasteiger partial charge in [0, 0.05) is 15.6 Å². The fourth-order valence-electron chi connectivity index (χ4n) is 2.70. The minimum Gasteiger partial charge on any atom is -0.493 e. The maximum absolute atomic E-state index is 12.3. The summed E-state index contributed by atoms with van der Waals surface area (Å²) in [5.41, 5.74) is 3.56. The lowest BCUT2D eigenvalue weighted by Crippen LogP contribution is -2.34. The van der Waals surface area contributed by atoms with Crippen LogP contribution in [0.4, 0.5) is 0 Å². The van der Waals surface area contributed by atoms with Crippen LogP contribution in [0.15, 0.2) is 71.8 Å². The molecule has 0 saturated carbocycles. The molecule has 0 fully saturated rings. The highest BCUT2D eigenvalue weighted by Gasteiger charge is 2.13. The second kappa shape index (κ2) is 11.8. The van der Waals surface area contributed by atoms with Crippen LogP contribution in [0.3, 0.4) is 0 Å². The van der Waals surface area contributed by atoms with Gasteiger partial charge in [-0.2, -0.15) is 5.10 Å². The van der Waals surface area contributed by atoms with E-state index < -0.39 is 17.8 Å². The summed E-state index contributed by atoms with van der Waals surface area (Å²) in [5.74, 6) is -1.01. The third-order valence-corrected chi connectivity index (χ3v) is 4.86. The van der Waals surface area contributed by atoms with Crippen molar-refractivity contribution in [3.63, 3.8) is 0 Å². The molecule has 3 rings (SSSR count). The number of methoxy groups -OCH3 is 1. The quantitative estimate of drug-likeness (QED) is 0.210. The van der Waals surface area contributed by atoms with Crippen LogP contribution < -0.4 is 20.2 Å². The molecule has 0 bridgehead atoms. The summed E-state index contributed by atoms with van der Waals surface area (Å²) in [4.78, 5) is 36.3. The van der Waals surface area contributed by atoms with Crippen LogP contribution in [0.25, 0.3) is 0 Å². The maximum atomic E-state index is 12.3. The molecule has 2 N–H and O–H groups in total. The molecule has 0 radical (unpaired) electrons. The van der Waals surface area contributed by atoms with Crippen molar-refractivity contribution in [2.75, 3.05) is 13.7 Å². The monoisotopic (exact) mass is 499 g/mol. The number of ether oxygens (including phenoxy) is 2. The number of hydrazone groups is 1. The van der Waals surface area contributed by atoms with Gasteiger partial charge in [0.1, 0.15) is 0 Å². The Kier molecular flexibility index (Phi) is 8.61. The largest absolute Gasteiger partial charge is 0.493 e. The Morgan fingerprint density at radius 3 is 2.38 bits per heavy atom. The summed E-state index contributed by atoms with van der Waals surface area (Å²) in [5, 5.41) is 7.26. The minimum absolute atomic E-state index is 0.215. The van der Waals surface area contributed by atoms with Gasteiger partial charge in [-0.05, 0) is 66.2 Å². The van der Waals surface area contributed by atoms with Crippen LogP contribution in [-0.2, 0) is 4.79 Å². The Morgan fingerprint density at radius 1 is 0.912 bits per heavy atom. The molecule has 0 aliphatic rings. The van der Waals surface area contributed by atoms with Gasteiger partial charge >= 0.3 is 5.97 Å². The number of hydrogen-bond acceptors (Lipinski definition) is 6. The van der Waals surface area contributed by atoms with Crippen LogP contribution >= 0.6 is 23.2 Å². The summed E-state index contributed by atoms with van der Waals surface area (Å²) < 4.78 is 10.7. The fraction of sp³-hybridized carbons (Fsp3) is 0.0833. The lowest BCUT2D eigenvalue weighted by Gasteiger charge is -2.10. The number of carbonyl (C=O) groups excluding carboxylic acids is 3. The highest BCUT2D eigenvalue weighted by molar-refractivity contribution is 6.31. The van der Waals surface area contributed by atoms with E-state index in [0.29, 0.717) is 32.5 Å². The summed E-state index contributed by atoms with van der Waals surface area (Å²) in [6, 6.07) is 17.4. The molecule has 0 aliphatic heterocycles. The van der Waals surface area contributed by atoms with E-state index >= 15 is 0 Å². The molecule has 34 heavy (non-hydrogen) atoms. The summed E-state index contributed by atoms with van der Waals surface area (Å²) in [7, 11) is 1.43. The Hall–Kier alpha value is -3.88.